The minimum absolute atomic E-state index is 0.269. The molecule has 1 N–H and O–H groups in total. The van der Waals surface area contributed by atoms with E-state index in [1.54, 1.807) is 8.61 Å². The Hall–Kier alpha value is -0.170. The Morgan fingerprint density at radius 3 is 2.25 bits per heavy atom. The van der Waals surface area contributed by atoms with Crippen molar-refractivity contribution in [2.75, 3.05) is 26.2 Å². The molecule has 0 bridgehead atoms. The van der Waals surface area contributed by atoms with Crippen molar-refractivity contribution < 1.29 is 8.42 Å². The summed E-state index contributed by atoms with van der Waals surface area (Å²) in [5.41, 5.74) is 0. The van der Waals surface area contributed by atoms with Gasteiger partial charge in [0.2, 0.25) is 0 Å². The quantitative estimate of drug-likeness (QED) is 0.774. The van der Waals surface area contributed by atoms with E-state index in [0.29, 0.717) is 31.6 Å². The summed E-state index contributed by atoms with van der Waals surface area (Å²) in [6, 6.07) is 0.771. The highest BCUT2D eigenvalue weighted by Gasteiger charge is 2.40. The van der Waals surface area contributed by atoms with Crippen molar-refractivity contribution >= 4 is 10.2 Å². The molecule has 2 rings (SSSR count). The summed E-state index contributed by atoms with van der Waals surface area (Å²) in [4.78, 5) is 0. The lowest BCUT2D eigenvalue weighted by Gasteiger charge is -2.35. The van der Waals surface area contributed by atoms with Crippen LogP contribution in [0.2, 0.25) is 0 Å². The van der Waals surface area contributed by atoms with Gasteiger partial charge in [-0.05, 0) is 38.1 Å². The summed E-state index contributed by atoms with van der Waals surface area (Å²) < 4.78 is 28.6. The minimum Gasteiger partial charge on any atom is -0.314 e. The summed E-state index contributed by atoms with van der Waals surface area (Å²) >= 11 is 0. The van der Waals surface area contributed by atoms with Crippen LogP contribution >= 0.6 is 0 Å². The van der Waals surface area contributed by atoms with Crippen LogP contribution in [0, 0.1) is 5.92 Å². The Morgan fingerprint density at radius 2 is 1.80 bits per heavy atom. The first-order chi connectivity index (χ1) is 9.45. The van der Waals surface area contributed by atoms with Crippen molar-refractivity contribution in [1.82, 2.24) is 13.9 Å². The molecule has 1 saturated heterocycles. The Balaban J connectivity index is 1.86. The molecule has 0 aromatic rings. The molecule has 0 radical (unpaired) electrons. The van der Waals surface area contributed by atoms with E-state index in [0.717, 1.165) is 32.2 Å². The largest absolute Gasteiger partial charge is 0.314 e. The molecule has 20 heavy (non-hydrogen) atoms. The van der Waals surface area contributed by atoms with Gasteiger partial charge in [-0.3, -0.25) is 0 Å². The summed E-state index contributed by atoms with van der Waals surface area (Å²) in [5.74, 6) is 0.611. The van der Waals surface area contributed by atoms with Crippen LogP contribution in [-0.2, 0) is 10.2 Å². The zero-order chi connectivity index (χ0) is 14.8. The van der Waals surface area contributed by atoms with Crippen molar-refractivity contribution in [3.8, 4) is 0 Å². The molecule has 0 atom stereocenters. The first-order valence-corrected chi connectivity index (χ1v) is 9.35. The van der Waals surface area contributed by atoms with Crippen LogP contribution in [0.15, 0.2) is 0 Å². The second kappa shape index (κ2) is 6.73. The highest BCUT2D eigenvalue weighted by atomic mass is 32.2. The van der Waals surface area contributed by atoms with E-state index in [1.165, 1.54) is 0 Å². The van der Waals surface area contributed by atoms with Gasteiger partial charge in [-0.1, -0.05) is 20.8 Å². The van der Waals surface area contributed by atoms with Gasteiger partial charge in [0.15, 0.2) is 0 Å². The highest BCUT2D eigenvalue weighted by molar-refractivity contribution is 7.86. The van der Waals surface area contributed by atoms with Crippen molar-refractivity contribution in [3.05, 3.63) is 0 Å². The summed E-state index contributed by atoms with van der Waals surface area (Å²) in [7, 11) is -3.22. The van der Waals surface area contributed by atoms with Gasteiger partial charge in [0, 0.05) is 31.7 Å². The Morgan fingerprint density at radius 1 is 1.20 bits per heavy atom. The van der Waals surface area contributed by atoms with Crippen molar-refractivity contribution in [1.29, 1.82) is 0 Å². The second-order valence-electron chi connectivity index (χ2n) is 6.35. The van der Waals surface area contributed by atoms with Gasteiger partial charge in [-0.2, -0.15) is 17.0 Å². The Labute approximate surface area is 123 Å². The smallest absolute Gasteiger partial charge is 0.282 e. The molecule has 2 fully saturated rings. The third-order valence-electron chi connectivity index (χ3n) is 4.28. The maximum atomic E-state index is 12.6. The van der Waals surface area contributed by atoms with E-state index in [-0.39, 0.29) is 6.04 Å². The molecule has 6 heteroatoms. The number of hydrogen-bond donors (Lipinski definition) is 1. The highest BCUT2D eigenvalue weighted by Crippen LogP contribution is 2.31. The lowest BCUT2D eigenvalue weighted by atomic mass is 9.98. The lowest BCUT2D eigenvalue weighted by molar-refractivity contribution is 0.246. The van der Waals surface area contributed by atoms with Gasteiger partial charge in [0.05, 0.1) is 0 Å². The maximum absolute atomic E-state index is 12.6. The van der Waals surface area contributed by atoms with E-state index in [4.69, 9.17) is 0 Å². The molecule has 0 unspecified atom stereocenters. The molecule has 0 spiro atoms. The van der Waals surface area contributed by atoms with Crippen LogP contribution < -0.4 is 5.32 Å². The van der Waals surface area contributed by atoms with Crippen LogP contribution in [0.4, 0.5) is 0 Å². The number of rotatable bonds is 7. The van der Waals surface area contributed by atoms with Gasteiger partial charge >= 0.3 is 0 Å². The third kappa shape index (κ3) is 3.93. The minimum atomic E-state index is -3.22. The van der Waals surface area contributed by atoms with Crippen LogP contribution in [0.1, 0.15) is 46.5 Å². The van der Waals surface area contributed by atoms with E-state index in [1.807, 2.05) is 6.92 Å². The predicted octanol–water partition coefficient (Wildman–Crippen LogP) is 1.43. The van der Waals surface area contributed by atoms with Gasteiger partial charge < -0.3 is 5.32 Å². The average molecular weight is 303 g/mol. The molecule has 2 aliphatic rings. The van der Waals surface area contributed by atoms with Gasteiger partial charge in [-0.15, -0.1) is 0 Å². The van der Waals surface area contributed by atoms with E-state index in [2.05, 4.69) is 19.2 Å². The summed E-state index contributed by atoms with van der Waals surface area (Å²) in [6.07, 6.45) is 4.01. The van der Waals surface area contributed by atoms with Crippen LogP contribution in [0.5, 0.6) is 0 Å². The Bertz CT molecular complexity index is 399. The number of piperidine rings is 1. The first-order valence-electron chi connectivity index (χ1n) is 7.95. The molecule has 5 nitrogen and oxygen atoms in total. The summed E-state index contributed by atoms with van der Waals surface area (Å²) in [6.45, 7) is 9.19. The molecule has 1 saturated carbocycles. The van der Waals surface area contributed by atoms with Crippen molar-refractivity contribution in [2.24, 2.45) is 5.92 Å². The van der Waals surface area contributed by atoms with Crippen molar-refractivity contribution in [2.45, 2.75) is 58.5 Å². The molecule has 1 aliphatic carbocycles. The normalized spacial score (nSPS) is 22.9. The van der Waals surface area contributed by atoms with Crippen LogP contribution in [-0.4, -0.2) is 55.3 Å². The first kappa shape index (κ1) is 16.2. The number of hydrogen-bond acceptors (Lipinski definition) is 3. The second-order valence-corrected chi connectivity index (χ2v) is 8.23. The molecule has 1 aliphatic heterocycles. The number of nitrogens with one attached hydrogen (secondary N) is 1. The number of nitrogens with zero attached hydrogens (tertiary/aromatic N) is 2. The average Bonchev–Trinajstić information content (AvgIpc) is 3.22. The van der Waals surface area contributed by atoms with Gasteiger partial charge in [0.25, 0.3) is 10.2 Å². The molecule has 0 aromatic heterocycles. The lowest BCUT2D eigenvalue weighted by Crippen LogP contribution is -2.48. The van der Waals surface area contributed by atoms with Crippen LogP contribution in [0.3, 0.4) is 0 Å². The Kier molecular flexibility index (Phi) is 5.45. The van der Waals surface area contributed by atoms with Crippen LogP contribution in [0.25, 0.3) is 0 Å². The molecule has 1 heterocycles. The summed E-state index contributed by atoms with van der Waals surface area (Å²) in [5, 5.41) is 3.45. The van der Waals surface area contributed by atoms with Gasteiger partial charge in [0.1, 0.15) is 0 Å². The predicted molar refractivity (Wildman–Crippen MR) is 81.8 cm³/mol. The third-order valence-corrected chi connectivity index (χ3v) is 6.44. The SMILES string of the molecule is CCN(C1CC1)S(=O)(=O)N1CCC(CNC(C)C)CC1. The van der Waals surface area contributed by atoms with Crippen molar-refractivity contribution in [3.63, 3.8) is 0 Å². The zero-order valence-corrected chi connectivity index (χ0v) is 13.8. The fraction of sp³-hybridized carbons (Fsp3) is 1.00. The fourth-order valence-electron chi connectivity index (χ4n) is 2.87. The molecular weight excluding hydrogens is 274 g/mol. The topological polar surface area (TPSA) is 52.7 Å². The fourth-order valence-corrected chi connectivity index (χ4v) is 4.75. The van der Waals surface area contributed by atoms with Gasteiger partial charge in [-0.25, -0.2) is 0 Å². The maximum Gasteiger partial charge on any atom is 0.282 e. The molecule has 0 amide bonds. The molecular formula is C14H29N3O2S. The standard InChI is InChI=1S/C14H29N3O2S/c1-4-17(14-5-6-14)20(18,19)16-9-7-13(8-10-16)11-15-12(2)3/h12-15H,4-11H2,1-3H3. The molecule has 0 aromatic carbocycles. The molecule has 118 valence electrons. The van der Waals surface area contributed by atoms with E-state index in [9.17, 15) is 8.42 Å². The zero-order valence-electron chi connectivity index (χ0n) is 13.0. The van der Waals surface area contributed by atoms with E-state index < -0.39 is 10.2 Å². The van der Waals surface area contributed by atoms with E-state index >= 15 is 0 Å². The monoisotopic (exact) mass is 303 g/mol.